The van der Waals surface area contributed by atoms with E-state index < -0.39 is 0 Å². The molecule has 0 bridgehead atoms. The molecular weight excluding hydrogens is 216 g/mol. The summed E-state index contributed by atoms with van der Waals surface area (Å²) in [5, 5.41) is 3.72. The van der Waals surface area contributed by atoms with Crippen molar-refractivity contribution in [3.63, 3.8) is 0 Å². The van der Waals surface area contributed by atoms with Gasteiger partial charge in [-0.25, -0.2) is 0 Å². The highest BCUT2D eigenvalue weighted by molar-refractivity contribution is 7.09. The summed E-state index contributed by atoms with van der Waals surface area (Å²) >= 11 is 1.75. The number of thiazole rings is 1. The summed E-state index contributed by atoms with van der Waals surface area (Å²) < 4.78 is 0. The smallest absolute Gasteiger partial charge is 0.0794 e. The van der Waals surface area contributed by atoms with E-state index in [0.29, 0.717) is 12.1 Å². The van der Waals surface area contributed by atoms with Crippen LogP contribution >= 0.6 is 11.3 Å². The molecule has 0 spiro atoms. The molecule has 16 heavy (non-hydrogen) atoms. The van der Waals surface area contributed by atoms with E-state index in [9.17, 15) is 0 Å². The van der Waals surface area contributed by atoms with Gasteiger partial charge in [0.2, 0.25) is 0 Å². The molecule has 1 aliphatic rings. The van der Waals surface area contributed by atoms with Crippen LogP contribution in [-0.4, -0.2) is 11.0 Å². The highest BCUT2D eigenvalue weighted by atomic mass is 32.1. The molecule has 1 saturated carbocycles. The molecule has 0 aromatic carbocycles. The van der Waals surface area contributed by atoms with Crippen molar-refractivity contribution in [1.82, 2.24) is 10.3 Å². The van der Waals surface area contributed by atoms with E-state index in [1.165, 1.54) is 37.0 Å². The molecular formula is C13H22N2S. The lowest BCUT2D eigenvalue weighted by Crippen LogP contribution is -2.36. The third kappa shape index (κ3) is 3.05. The van der Waals surface area contributed by atoms with Gasteiger partial charge in [-0.3, -0.25) is 4.98 Å². The van der Waals surface area contributed by atoms with Crippen LogP contribution in [-0.2, 0) is 0 Å². The van der Waals surface area contributed by atoms with Crippen LogP contribution in [0.1, 0.15) is 56.9 Å². The first-order valence-corrected chi connectivity index (χ1v) is 7.30. The second kappa shape index (κ2) is 5.78. The summed E-state index contributed by atoms with van der Waals surface area (Å²) in [5.74, 6) is 0.879. The zero-order chi connectivity index (χ0) is 11.4. The van der Waals surface area contributed by atoms with Crippen LogP contribution in [0.2, 0.25) is 0 Å². The Hall–Kier alpha value is -0.410. The van der Waals surface area contributed by atoms with Crippen molar-refractivity contribution >= 4 is 11.3 Å². The number of aromatic nitrogens is 1. The van der Waals surface area contributed by atoms with Gasteiger partial charge in [0.05, 0.1) is 5.51 Å². The third-order valence-electron chi connectivity index (χ3n) is 3.75. The Kier molecular flexibility index (Phi) is 4.36. The molecule has 2 rings (SSSR count). The summed E-state index contributed by atoms with van der Waals surface area (Å²) in [6.07, 6.45) is 9.08. The zero-order valence-corrected chi connectivity index (χ0v) is 11.1. The summed E-state index contributed by atoms with van der Waals surface area (Å²) in [5.41, 5.74) is 1.92. The first-order chi connectivity index (χ1) is 7.77. The van der Waals surface area contributed by atoms with Crippen molar-refractivity contribution in [3.8, 4) is 0 Å². The quantitative estimate of drug-likeness (QED) is 0.864. The van der Waals surface area contributed by atoms with Gasteiger partial charge >= 0.3 is 0 Å². The van der Waals surface area contributed by atoms with E-state index in [0.717, 1.165) is 5.92 Å². The van der Waals surface area contributed by atoms with Gasteiger partial charge in [-0.1, -0.05) is 19.3 Å². The SMILES string of the molecule is CC(N[C@H](C)C1CCCCC1)c1cncs1. The van der Waals surface area contributed by atoms with Crippen molar-refractivity contribution in [2.24, 2.45) is 5.92 Å². The van der Waals surface area contributed by atoms with Crippen molar-refractivity contribution in [1.29, 1.82) is 0 Å². The lowest BCUT2D eigenvalue weighted by atomic mass is 9.84. The van der Waals surface area contributed by atoms with E-state index in [2.05, 4.69) is 24.1 Å². The van der Waals surface area contributed by atoms with E-state index in [1.807, 2.05) is 11.7 Å². The second-order valence-corrected chi connectivity index (χ2v) is 5.90. The Bertz CT molecular complexity index is 291. The van der Waals surface area contributed by atoms with Gasteiger partial charge in [-0.2, -0.15) is 0 Å². The Morgan fingerprint density at radius 3 is 2.69 bits per heavy atom. The molecule has 90 valence electrons. The molecule has 2 atom stereocenters. The standard InChI is InChI=1S/C13H22N2S/c1-10(12-6-4-3-5-7-12)15-11(2)13-8-14-9-16-13/h8-12,15H,3-7H2,1-2H3/t10-,11?/m1/s1. The van der Waals surface area contributed by atoms with Crippen molar-refractivity contribution in [3.05, 3.63) is 16.6 Å². The van der Waals surface area contributed by atoms with E-state index in [4.69, 9.17) is 0 Å². The predicted molar refractivity (Wildman–Crippen MR) is 69.7 cm³/mol. The van der Waals surface area contributed by atoms with Gasteiger partial charge in [0, 0.05) is 23.2 Å². The maximum Gasteiger partial charge on any atom is 0.0794 e. The first-order valence-electron chi connectivity index (χ1n) is 6.42. The minimum atomic E-state index is 0.449. The summed E-state index contributed by atoms with van der Waals surface area (Å²) in [6.45, 7) is 4.58. The Morgan fingerprint density at radius 2 is 2.06 bits per heavy atom. The Balaban J connectivity index is 1.84. The minimum Gasteiger partial charge on any atom is -0.307 e. The fraction of sp³-hybridized carbons (Fsp3) is 0.769. The van der Waals surface area contributed by atoms with Crippen LogP contribution in [0.3, 0.4) is 0 Å². The van der Waals surface area contributed by atoms with Crippen molar-refractivity contribution in [2.45, 2.75) is 58.0 Å². The number of nitrogens with zero attached hydrogens (tertiary/aromatic N) is 1. The maximum atomic E-state index is 4.14. The highest BCUT2D eigenvalue weighted by Crippen LogP contribution is 2.28. The lowest BCUT2D eigenvalue weighted by Gasteiger charge is -2.30. The lowest BCUT2D eigenvalue weighted by molar-refractivity contribution is 0.269. The van der Waals surface area contributed by atoms with Crippen LogP contribution in [0.5, 0.6) is 0 Å². The molecule has 1 aliphatic carbocycles. The molecule has 1 aromatic heterocycles. The van der Waals surface area contributed by atoms with Gasteiger partial charge in [0.1, 0.15) is 0 Å². The summed E-state index contributed by atoms with van der Waals surface area (Å²) in [7, 11) is 0. The van der Waals surface area contributed by atoms with Crippen molar-refractivity contribution in [2.75, 3.05) is 0 Å². The van der Waals surface area contributed by atoms with E-state index in [1.54, 1.807) is 11.3 Å². The second-order valence-electron chi connectivity index (χ2n) is 4.98. The van der Waals surface area contributed by atoms with Crippen LogP contribution in [0.15, 0.2) is 11.7 Å². The zero-order valence-electron chi connectivity index (χ0n) is 10.3. The average molecular weight is 238 g/mol. The van der Waals surface area contributed by atoms with Gasteiger partial charge in [0.15, 0.2) is 0 Å². The van der Waals surface area contributed by atoms with Gasteiger partial charge < -0.3 is 5.32 Å². The average Bonchev–Trinajstić information content (AvgIpc) is 2.83. The Labute approximate surface area is 102 Å². The summed E-state index contributed by atoms with van der Waals surface area (Å²) in [6, 6.07) is 1.09. The van der Waals surface area contributed by atoms with E-state index in [-0.39, 0.29) is 0 Å². The van der Waals surface area contributed by atoms with Crippen LogP contribution in [0.25, 0.3) is 0 Å². The van der Waals surface area contributed by atoms with Crippen LogP contribution in [0.4, 0.5) is 0 Å². The van der Waals surface area contributed by atoms with Gasteiger partial charge in [0.25, 0.3) is 0 Å². The maximum absolute atomic E-state index is 4.14. The molecule has 1 fully saturated rings. The molecule has 0 radical (unpaired) electrons. The largest absolute Gasteiger partial charge is 0.307 e. The topological polar surface area (TPSA) is 24.9 Å². The molecule has 1 N–H and O–H groups in total. The normalized spacial score (nSPS) is 21.9. The minimum absolute atomic E-state index is 0.449. The first kappa shape index (κ1) is 12.1. The molecule has 1 heterocycles. The number of hydrogen-bond acceptors (Lipinski definition) is 3. The van der Waals surface area contributed by atoms with E-state index >= 15 is 0 Å². The molecule has 0 amide bonds. The van der Waals surface area contributed by atoms with Crippen molar-refractivity contribution < 1.29 is 0 Å². The molecule has 1 aromatic rings. The number of hydrogen-bond donors (Lipinski definition) is 1. The summed E-state index contributed by atoms with van der Waals surface area (Å²) in [4.78, 5) is 5.49. The Morgan fingerprint density at radius 1 is 1.31 bits per heavy atom. The predicted octanol–water partition coefficient (Wildman–Crippen LogP) is 3.76. The fourth-order valence-corrected chi connectivity index (χ4v) is 3.32. The van der Waals surface area contributed by atoms with Crippen LogP contribution in [0, 0.1) is 5.92 Å². The third-order valence-corrected chi connectivity index (χ3v) is 4.71. The number of rotatable bonds is 4. The monoisotopic (exact) mass is 238 g/mol. The van der Waals surface area contributed by atoms with Crippen LogP contribution < -0.4 is 5.32 Å². The highest BCUT2D eigenvalue weighted by Gasteiger charge is 2.21. The molecule has 2 nitrogen and oxygen atoms in total. The van der Waals surface area contributed by atoms with Gasteiger partial charge in [-0.05, 0) is 32.6 Å². The molecule has 1 unspecified atom stereocenters. The molecule has 0 aliphatic heterocycles. The molecule has 0 saturated heterocycles. The fourth-order valence-electron chi connectivity index (χ4n) is 2.69. The molecule has 3 heteroatoms. The van der Waals surface area contributed by atoms with Gasteiger partial charge in [-0.15, -0.1) is 11.3 Å². The number of nitrogens with one attached hydrogen (secondary N) is 1.